The molecule has 1 saturated carbocycles. The zero-order valence-electron chi connectivity index (χ0n) is 19.1. The molecule has 4 rings (SSSR count). The molecule has 2 saturated heterocycles. The molecule has 2 aliphatic heterocycles. The average Bonchev–Trinajstić information content (AvgIpc) is 3.00. The molecule has 31 heavy (non-hydrogen) atoms. The van der Waals surface area contributed by atoms with E-state index in [0.717, 1.165) is 38.9 Å². The van der Waals surface area contributed by atoms with Crippen LogP contribution in [0, 0.1) is 5.92 Å². The van der Waals surface area contributed by atoms with Gasteiger partial charge in [0.2, 0.25) is 11.8 Å². The second-order valence-corrected chi connectivity index (χ2v) is 10.1. The van der Waals surface area contributed by atoms with Gasteiger partial charge in [-0.2, -0.15) is 0 Å². The summed E-state index contributed by atoms with van der Waals surface area (Å²) >= 11 is 0. The van der Waals surface area contributed by atoms with Gasteiger partial charge in [0.05, 0.1) is 0 Å². The smallest absolute Gasteiger partial charge is 0.248 e. The van der Waals surface area contributed by atoms with Crippen molar-refractivity contribution in [2.24, 2.45) is 11.7 Å². The summed E-state index contributed by atoms with van der Waals surface area (Å²) in [6, 6.07) is 9.19. The summed E-state index contributed by atoms with van der Waals surface area (Å²) in [5, 5.41) is 0. The Morgan fingerprint density at radius 2 is 1.77 bits per heavy atom. The highest BCUT2D eigenvalue weighted by Crippen LogP contribution is 2.43. The Bertz CT molecular complexity index is 760. The Balaban J connectivity index is 1.29. The molecule has 2 heterocycles. The number of rotatable bonds is 8. The van der Waals surface area contributed by atoms with Crippen molar-refractivity contribution < 1.29 is 9.59 Å². The summed E-state index contributed by atoms with van der Waals surface area (Å²) in [6.45, 7) is 4.68. The van der Waals surface area contributed by atoms with Crippen LogP contribution in [0.2, 0.25) is 0 Å². The monoisotopic (exact) mass is 425 g/mol. The van der Waals surface area contributed by atoms with Crippen LogP contribution in [0.1, 0.15) is 93.0 Å². The zero-order valence-corrected chi connectivity index (χ0v) is 19.1. The molecule has 1 aliphatic carbocycles. The first-order chi connectivity index (χ1) is 15.0. The fraction of sp³-hybridized carbons (Fsp3) is 0.692. The number of amides is 2. The van der Waals surface area contributed by atoms with Crippen LogP contribution < -0.4 is 5.73 Å². The third kappa shape index (κ3) is 5.49. The molecule has 0 radical (unpaired) electrons. The Labute approximate surface area is 187 Å². The van der Waals surface area contributed by atoms with E-state index in [-0.39, 0.29) is 11.8 Å². The molecule has 5 heteroatoms. The van der Waals surface area contributed by atoms with Gasteiger partial charge in [0, 0.05) is 44.2 Å². The molecule has 0 aromatic heterocycles. The molecule has 2 N–H and O–H groups in total. The molecule has 1 aromatic carbocycles. The average molecular weight is 426 g/mol. The number of primary amides is 1. The van der Waals surface area contributed by atoms with Crippen LogP contribution >= 0.6 is 0 Å². The molecule has 1 aromatic rings. The van der Waals surface area contributed by atoms with Crippen LogP contribution in [0.5, 0.6) is 0 Å². The second kappa shape index (κ2) is 10.2. The summed E-state index contributed by atoms with van der Waals surface area (Å²) < 4.78 is 0. The van der Waals surface area contributed by atoms with Crippen LogP contribution in [0.3, 0.4) is 0 Å². The van der Waals surface area contributed by atoms with E-state index >= 15 is 0 Å². The number of carbonyl (C=O) groups excluding carboxylic acids is 2. The largest absolute Gasteiger partial charge is 0.366 e. The van der Waals surface area contributed by atoms with Gasteiger partial charge in [0.25, 0.3) is 0 Å². The van der Waals surface area contributed by atoms with Gasteiger partial charge < -0.3 is 10.6 Å². The number of benzene rings is 1. The van der Waals surface area contributed by atoms with E-state index in [1.165, 1.54) is 50.5 Å². The summed E-state index contributed by atoms with van der Waals surface area (Å²) in [6.07, 6.45) is 12.5. The van der Waals surface area contributed by atoms with Crippen molar-refractivity contribution in [3.63, 3.8) is 0 Å². The molecular formula is C26H39N3O2. The Morgan fingerprint density at radius 3 is 2.42 bits per heavy atom. The maximum absolute atomic E-state index is 12.2. The lowest BCUT2D eigenvalue weighted by Crippen LogP contribution is -2.44. The van der Waals surface area contributed by atoms with Gasteiger partial charge in [-0.25, -0.2) is 0 Å². The highest BCUT2D eigenvalue weighted by molar-refractivity contribution is 5.92. The van der Waals surface area contributed by atoms with E-state index < -0.39 is 0 Å². The maximum Gasteiger partial charge on any atom is 0.248 e. The number of nitrogens with zero attached hydrogens (tertiary/aromatic N) is 2. The number of piperidine rings is 1. The minimum atomic E-state index is -0.342. The first kappa shape index (κ1) is 22.3. The predicted octanol–water partition coefficient (Wildman–Crippen LogP) is 4.31. The molecule has 3 aliphatic rings. The van der Waals surface area contributed by atoms with Crippen LogP contribution in [0.25, 0.3) is 0 Å². The number of hydrogen-bond acceptors (Lipinski definition) is 3. The van der Waals surface area contributed by atoms with E-state index in [1.54, 1.807) is 6.92 Å². The van der Waals surface area contributed by atoms with Crippen molar-refractivity contribution in [1.29, 1.82) is 0 Å². The minimum Gasteiger partial charge on any atom is -0.366 e. The molecular weight excluding hydrogens is 386 g/mol. The molecule has 2 bridgehead atoms. The molecule has 0 spiro atoms. The van der Waals surface area contributed by atoms with Gasteiger partial charge in [-0.1, -0.05) is 31.4 Å². The topological polar surface area (TPSA) is 66.6 Å². The van der Waals surface area contributed by atoms with E-state index in [9.17, 15) is 9.59 Å². The van der Waals surface area contributed by atoms with E-state index in [2.05, 4.69) is 15.9 Å². The number of nitrogens with two attached hydrogens (primary N) is 1. The predicted molar refractivity (Wildman–Crippen MR) is 124 cm³/mol. The van der Waals surface area contributed by atoms with Crippen molar-refractivity contribution in [3.8, 4) is 0 Å². The van der Waals surface area contributed by atoms with Crippen molar-refractivity contribution in [2.75, 3.05) is 19.6 Å². The van der Waals surface area contributed by atoms with Gasteiger partial charge in [-0.05, 0) is 74.5 Å². The van der Waals surface area contributed by atoms with Crippen molar-refractivity contribution in [2.45, 2.75) is 89.1 Å². The van der Waals surface area contributed by atoms with Crippen molar-refractivity contribution in [3.05, 3.63) is 35.4 Å². The first-order valence-corrected chi connectivity index (χ1v) is 12.4. The Kier molecular flexibility index (Phi) is 7.31. The maximum atomic E-state index is 12.2. The van der Waals surface area contributed by atoms with Gasteiger partial charge >= 0.3 is 0 Å². The van der Waals surface area contributed by atoms with E-state index in [1.807, 2.05) is 18.2 Å². The fourth-order valence-corrected chi connectivity index (χ4v) is 6.36. The third-order valence-electron chi connectivity index (χ3n) is 8.02. The molecule has 0 unspecified atom stereocenters. The van der Waals surface area contributed by atoms with Crippen LogP contribution in [0.4, 0.5) is 0 Å². The first-order valence-electron chi connectivity index (χ1n) is 12.4. The highest BCUT2D eigenvalue weighted by atomic mass is 16.2. The fourth-order valence-electron chi connectivity index (χ4n) is 6.36. The van der Waals surface area contributed by atoms with Crippen LogP contribution in [-0.4, -0.2) is 53.3 Å². The number of carbonyl (C=O) groups is 2. The van der Waals surface area contributed by atoms with Gasteiger partial charge in [-0.15, -0.1) is 0 Å². The lowest BCUT2D eigenvalue weighted by Gasteiger charge is -2.39. The summed E-state index contributed by atoms with van der Waals surface area (Å²) in [5.74, 6) is 1.13. The highest BCUT2D eigenvalue weighted by Gasteiger charge is 2.40. The second-order valence-electron chi connectivity index (χ2n) is 10.1. The molecule has 2 amide bonds. The summed E-state index contributed by atoms with van der Waals surface area (Å²) in [7, 11) is 0. The van der Waals surface area contributed by atoms with Crippen molar-refractivity contribution >= 4 is 11.8 Å². The summed E-state index contributed by atoms with van der Waals surface area (Å²) in [5.41, 5.74) is 7.37. The SMILES string of the molecule is CC(=O)N(CCCN1[C@@H]2CC[C@H]1C[C@@H](c1cccc(C(N)=O)c1)C2)CC1CCCCC1. The quantitative estimate of drug-likeness (QED) is 0.675. The van der Waals surface area contributed by atoms with Crippen LogP contribution in [-0.2, 0) is 4.79 Å². The van der Waals surface area contributed by atoms with Gasteiger partial charge in [-0.3, -0.25) is 14.5 Å². The normalized spacial score (nSPS) is 26.7. The van der Waals surface area contributed by atoms with E-state index in [4.69, 9.17) is 5.73 Å². The summed E-state index contributed by atoms with van der Waals surface area (Å²) in [4.78, 5) is 28.6. The molecule has 3 fully saturated rings. The van der Waals surface area contributed by atoms with E-state index in [0.29, 0.717) is 29.5 Å². The Morgan fingerprint density at radius 1 is 1.06 bits per heavy atom. The number of fused-ring (bicyclic) bond motifs is 2. The number of hydrogen-bond donors (Lipinski definition) is 1. The zero-order chi connectivity index (χ0) is 21.8. The molecule has 5 nitrogen and oxygen atoms in total. The standard InChI is InChI=1S/C26H39N3O2/c1-19(30)28(18-20-7-3-2-4-8-20)13-6-14-29-24-11-12-25(29)17-23(16-24)21-9-5-10-22(15-21)26(27)31/h5,9-10,15,20,23-25H,2-4,6-8,11-14,16-18H2,1H3,(H2,27,31)/t23-,24+,25-. The minimum absolute atomic E-state index is 0.238. The van der Waals surface area contributed by atoms with Gasteiger partial charge in [0.15, 0.2) is 0 Å². The molecule has 3 atom stereocenters. The van der Waals surface area contributed by atoms with Crippen molar-refractivity contribution in [1.82, 2.24) is 9.80 Å². The lowest BCUT2D eigenvalue weighted by atomic mass is 9.84. The van der Waals surface area contributed by atoms with Crippen LogP contribution in [0.15, 0.2) is 24.3 Å². The third-order valence-corrected chi connectivity index (χ3v) is 8.02. The van der Waals surface area contributed by atoms with Gasteiger partial charge in [0.1, 0.15) is 0 Å². The lowest BCUT2D eigenvalue weighted by molar-refractivity contribution is -0.129. The Hall–Kier alpha value is -1.88. The molecule has 170 valence electrons.